The van der Waals surface area contributed by atoms with E-state index < -0.39 is 0 Å². The van der Waals surface area contributed by atoms with Crippen molar-refractivity contribution in [3.8, 4) is 0 Å². The van der Waals surface area contributed by atoms with Gasteiger partial charge in [-0.05, 0) is 12.8 Å². The van der Waals surface area contributed by atoms with E-state index in [1.165, 1.54) is 25.7 Å². The van der Waals surface area contributed by atoms with Crippen LogP contribution in [0.25, 0.3) is 0 Å². The Kier molecular flexibility index (Phi) is 2.94. The molecular formula is C9H15N3O. The van der Waals surface area contributed by atoms with E-state index in [0.29, 0.717) is 0 Å². The Hall–Kier alpha value is -0.870. The van der Waals surface area contributed by atoms with Gasteiger partial charge in [-0.3, -0.25) is 0 Å². The molecule has 1 saturated heterocycles. The number of hydrogen-bond donors (Lipinski definition) is 1. The zero-order valence-electron chi connectivity index (χ0n) is 7.70. The minimum atomic E-state index is 0.750. The second-order valence-electron chi connectivity index (χ2n) is 3.35. The minimum absolute atomic E-state index is 0.750. The van der Waals surface area contributed by atoms with E-state index in [1.807, 2.05) is 0 Å². The summed E-state index contributed by atoms with van der Waals surface area (Å²) < 4.78 is 5.12. The molecule has 4 nitrogen and oxygen atoms in total. The summed E-state index contributed by atoms with van der Waals surface area (Å²) in [6, 6.07) is 0. The summed E-state index contributed by atoms with van der Waals surface area (Å²) in [5.41, 5.74) is 3.32. The zero-order chi connectivity index (χ0) is 8.93. The highest BCUT2D eigenvalue weighted by atomic mass is 16.3. The predicted molar refractivity (Wildman–Crippen MR) is 48.8 cm³/mol. The average molecular weight is 181 g/mol. The van der Waals surface area contributed by atoms with Crippen molar-refractivity contribution in [3.63, 3.8) is 0 Å². The van der Waals surface area contributed by atoms with Gasteiger partial charge < -0.3 is 4.42 Å². The maximum Gasteiger partial charge on any atom is 0.180 e. The number of nitrogens with zero attached hydrogens (tertiary/aromatic N) is 2. The molecular weight excluding hydrogens is 166 g/mol. The number of hydrogen-bond acceptors (Lipinski definition) is 4. The third-order valence-corrected chi connectivity index (χ3v) is 2.32. The van der Waals surface area contributed by atoms with Crippen LogP contribution in [0.4, 0.5) is 0 Å². The SMILES string of the molecule is c1ncc(CNN2CCCCC2)o1. The Morgan fingerprint density at radius 1 is 1.38 bits per heavy atom. The first-order valence-corrected chi connectivity index (χ1v) is 4.81. The molecule has 1 fully saturated rings. The van der Waals surface area contributed by atoms with Crippen LogP contribution < -0.4 is 5.43 Å². The summed E-state index contributed by atoms with van der Waals surface area (Å²) in [5, 5.41) is 2.26. The number of aromatic nitrogens is 1. The molecule has 2 rings (SSSR count). The average Bonchev–Trinajstić information content (AvgIpc) is 2.69. The molecule has 0 bridgehead atoms. The molecule has 4 heteroatoms. The standard InChI is InChI=1S/C9H15N3O/c1-2-4-12(5-3-1)11-7-9-6-10-8-13-9/h6,8,11H,1-5,7H2. The molecule has 1 aliphatic heterocycles. The second kappa shape index (κ2) is 4.39. The normalized spacial score (nSPS) is 19.1. The van der Waals surface area contributed by atoms with Crippen molar-refractivity contribution >= 4 is 0 Å². The van der Waals surface area contributed by atoms with Gasteiger partial charge in [-0.1, -0.05) is 6.42 Å². The van der Waals surface area contributed by atoms with Gasteiger partial charge in [0.2, 0.25) is 0 Å². The Morgan fingerprint density at radius 2 is 2.23 bits per heavy atom. The molecule has 72 valence electrons. The maximum absolute atomic E-state index is 5.12. The molecule has 0 unspecified atom stereocenters. The van der Waals surface area contributed by atoms with Crippen LogP contribution in [0.2, 0.25) is 0 Å². The third kappa shape index (κ3) is 2.54. The fraction of sp³-hybridized carbons (Fsp3) is 0.667. The summed E-state index contributed by atoms with van der Waals surface area (Å²) in [6.07, 6.45) is 7.16. The molecule has 1 aromatic rings. The van der Waals surface area contributed by atoms with Crippen molar-refractivity contribution in [2.75, 3.05) is 13.1 Å². The van der Waals surface area contributed by atoms with Gasteiger partial charge in [0.05, 0.1) is 12.7 Å². The van der Waals surface area contributed by atoms with Gasteiger partial charge >= 0.3 is 0 Å². The number of nitrogens with one attached hydrogen (secondary N) is 1. The topological polar surface area (TPSA) is 41.3 Å². The molecule has 0 spiro atoms. The van der Waals surface area contributed by atoms with Crippen molar-refractivity contribution in [3.05, 3.63) is 18.4 Å². The Bertz CT molecular complexity index is 229. The first kappa shape index (κ1) is 8.72. The maximum atomic E-state index is 5.12. The first-order valence-electron chi connectivity index (χ1n) is 4.81. The molecule has 0 atom stereocenters. The minimum Gasteiger partial charge on any atom is -0.447 e. The van der Waals surface area contributed by atoms with Crippen LogP contribution in [-0.2, 0) is 6.54 Å². The monoisotopic (exact) mass is 181 g/mol. The fourth-order valence-corrected chi connectivity index (χ4v) is 1.57. The lowest BCUT2D eigenvalue weighted by Crippen LogP contribution is -2.41. The molecule has 13 heavy (non-hydrogen) atoms. The largest absolute Gasteiger partial charge is 0.447 e. The lowest BCUT2D eigenvalue weighted by molar-refractivity contribution is 0.146. The summed E-state index contributed by atoms with van der Waals surface area (Å²) in [6.45, 7) is 3.04. The van der Waals surface area contributed by atoms with Gasteiger partial charge in [0.15, 0.2) is 6.39 Å². The lowest BCUT2D eigenvalue weighted by atomic mass is 10.2. The van der Waals surface area contributed by atoms with Crippen molar-refractivity contribution in [1.29, 1.82) is 0 Å². The molecule has 0 aliphatic carbocycles. The van der Waals surface area contributed by atoms with Crippen LogP contribution >= 0.6 is 0 Å². The van der Waals surface area contributed by atoms with Gasteiger partial charge in [-0.25, -0.2) is 15.4 Å². The summed E-state index contributed by atoms with van der Waals surface area (Å²) in [7, 11) is 0. The number of oxazole rings is 1. The highest BCUT2D eigenvalue weighted by molar-refractivity contribution is 4.86. The van der Waals surface area contributed by atoms with E-state index in [1.54, 1.807) is 6.20 Å². The molecule has 0 amide bonds. The predicted octanol–water partition coefficient (Wildman–Crippen LogP) is 1.17. The van der Waals surface area contributed by atoms with Gasteiger partial charge in [0, 0.05) is 13.1 Å². The van der Waals surface area contributed by atoms with E-state index in [0.717, 1.165) is 25.4 Å². The summed E-state index contributed by atoms with van der Waals surface area (Å²) >= 11 is 0. The van der Waals surface area contributed by atoms with Crippen LogP contribution in [0.5, 0.6) is 0 Å². The summed E-state index contributed by atoms with van der Waals surface area (Å²) in [5.74, 6) is 0.894. The highest BCUT2D eigenvalue weighted by Crippen LogP contribution is 2.06. The van der Waals surface area contributed by atoms with Crippen LogP contribution in [0.1, 0.15) is 25.0 Å². The van der Waals surface area contributed by atoms with Crippen molar-refractivity contribution in [1.82, 2.24) is 15.4 Å². The first-order chi connectivity index (χ1) is 6.45. The number of rotatable bonds is 3. The van der Waals surface area contributed by atoms with E-state index >= 15 is 0 Å². The summed E-state index contributed by atoms with van der Waals surface area (Å²) in [4.78, 5) is 3.86. The van der Waals surface area contributed by atoms with Gasteiger partial charge in [-0.2, -0.15) is 0 Å². The Labute approximate surface area is 77.9 Å². The fourth-order valence-electron chi connectivity index (χ4n) is 1.57. The van der Waals surface area contributed by atoms with Crippen molar-refractivity contribution < 1.29 is 4.42 Å². The van der Waals surface area contributed by atoms with Gasteiger partial charge in [-0.15, -0.1) is 0 Å². The van der Waals surface area contributed by atoms with E-state index in [2.05, 4.69) is 15.4 Å². The van der Waals surface area contributed by atoms with E-state index in [9.17, 15) is 0 Å². The molecule has 0 radical (unpaired) electrons. The van der Waals surface area contributed by atoms with E-state index in [4.69, 9.17) is 4.42 Å². The van der Waals surface area contributed by atoms with Crippen molar-refractivity contribution in [2.24, 2.45) is 0 Å². The zero-order valence-corrected chi connectivity index (χ0v) is 7.70. The van der Waals surface area contributed by atoms with Crippen LogP contribution in [0.15, 0.2) is 17.0 Å². The highest BCUT2D eigenvalue weighted by Gasteiger charge is 2.09. The second-order valence-corrected chi connectivity index (χ2v) is 3.35. The van der Waals surface area contributed by atoms with Crippen LogP contribution in [0.3, 0.4) is 0 Å². The molecule has 1 aliphatic rings. The Morgan fingerprint density at radius 3 is 2.92 bits per heavy atom. The van der Waals surface area contributed by atoms with Crippen molar-refractivity contribution in [2.45, 2.75) is 25.8 Å². The number of hydrazine groups is 1. The van der Waals surface area contributed by atoms with Gasteiger partial charge in [0.1, 0.15) is 5.76 Å². The molecule has 0 aromatic carbocycles. The van der Waals surface area contributed by atoms with Crippen LogP contribution in [-0.4, -0.2) is 23.1 Å². The number of piperidine rings is 1. The quantitative estimate of drug-likeness (QED) is 0.760. The lowest BCUT2D eigenvalue weighted by Gasteiger charge is -2.26. The molecule has 0 saturated carbocycles. The molecule has 1 aromatic heterocycles. The third-order valence-electron chi connectivity index (χ3n) is 2.32. The molecule has 1 N–H and O–H groups in total. The van der Waals surface area contributed by atoms with Crippen LogP contribution in [0, 0.1) is 0 Å². The molecule has 2 heterocycles. The van der Waals surface area contributed by atoms with Gasteiger partial charge in [0.25, 0.3) is 0 Å². The Balaban J connectivity index is 1.72. The van der Waals surface area contributed by atoms with E-state index in [-0.39, 0.29) is 0 Å². The smallest absolute Gasteiger partial charge is 0.180 e.